The summed E-state index contributed by atoms with van der Waals surface area (Å²) in [5.41, 5.74) is 2.53. The summed E-state index contributed by atoms with van der Waals surface area (Å²) >= 11 is 0. The Morgan fingerprint density at radius 3 is 2.73 bits per heavy atom. The van der Waals surface area contributed by atoms with Gasteiger partial charge in [-0.15, -0.1) is 0 Å². The molecule has 5 nitrogen and oxygen atoms in total. The zero-order valence-corrected chi connectivity index (χ0v) is 14.7. The first-order chi connectivity index (χ1) is 12.8. The van der Waals surface area contributed by atoms with Gasteiger partial charge < -0.3 is 4.90 Å². The molecule has 0 spiro atoms. The van der Waals surface area contributed by atoms with E-state index in [1.807, 2.05) is 10.7 Å². The number of piperidine rings is 1. The van der Waals surface area contributed by atoms with E-state index in [-0.39, 0.29) is 5.82 Å². The third-order valence-electron chi connectivity index (χ3n) is 4.99. The number of rotatable bonds is 5. The van der Waals surface area contributed by atoms with Gasteiger partial charge in [-0.1, -0.05) is 25.1 Å². The van der Waals surface area contributed by atoms with Crippen LogP contribution in [0.5, 0.6) is 0 Å². The van der Waals surface area contributed by atoms with Crippen molar-refractivity contribution in [1.29, 1.82) is 0 Å². The highest BCUT2D eigenvalue weighted by molar-refractivity contribution is 5.90. The molecule has 134 valence electrons. The van der Waals surface area contributed by atoms with Crippen molar-refractivity contribution in [2.24, 2.45) is 0 Å². The fourth-order valence-electron chi connectivity index (χ4n) is 3.54. The Balaban J connectivity index is 1.63. The van der Waals surface area contributed by atoms with E-state index in [0.29, 0.717) is 11.3 Å². The predicted octanol–water partition coefficient (Wildman–Crippen LogP) is 3.76. The quantitative estimate of drug-likeness (QED) is 0.702. The first-order valence-corrected chi connectivity index (χ1v) is 9.07. The molecule has 2 aromatic heterocycles. The molecular formula is C20H22FN5. The molecule has 1 aromatic carbocycles. The number of halogens is 1. The van der Waals surface area contributed by atoms with Crippen LogP contribution in [0.1, 0.15) is 24.8 Å². The van der Waals surface area contributed by atoms with Gasteiger partial charge in [0.05, 0.1) is 23.8 Å². The third kappa shape index (κ3) is 3.24. The molecule has 6 heteroatoms. The molecule has 4 rings (SSSR count). The summed E-state index contributed by atoms with van der Waals surface area (Å²) in [5.74, 6) is -0.316. The van der Waals surface area contributed by atoms with Gasteiger partial charge in [0.1, 0.15) is 12.1 Å². The van der Waals surface area contributed by atoms with Crippen molar-refractivity contribution in [3.8, 4) is 11.3 Å². The molecule has 0 bridgehead atoms. The van der Waals surface area contributed by atoms with E-state index in [2.05, 4.69) is 26.5 Å². The second-order valence-corrected chi connectivity index (χ2v) is 6.67. The molecule has 1 aliphatic rings. The maximum absolute atomic E-state index is 14.5. The summed E-state index contributed by atoms with van der Waals surface area (Å²) in [5, 5.41) is 5.25. The standard InChI is InChI=1S/C20H22FN5/c1-2-15-6-7-16(18(21)12-15)19-17-13-24-26(20(17)23-14-22-19)11-10-25-8-4-3-5-9-25/h2,6-7,12-14H,1,3-5,8-11H2. The van der Waals surface area contributed by atoms with E-state index in [9.17, 15) is 4.39 Å². The Morgan fingerprint density at radius 1 is 1.12 bits per heavy atom. The van der Waals surface area contributed by atoms with E-state index < -0.39 is 0 Å². The molecule has 3 aromatic rings. The van der Waals surface area contributed by atoms with E-state index in [1.54, 1.807) is 18.3 Å². The van der Waals surface area contributed by atoms with E-state index in [1.165, 1.54) is 31.7 Å². The highest BCUT2D eigenvalue weighted by atomic mass is 19.1. The number of hydrogen-bond donors (Lipinski definition) is 0. The third-order valence-corrected chi connectivity index (χ3v) is 4.99. The number of hydrogen-bond acceptors (Lipinski definition) is 4. The topological polar surface area (TPSA) is 46.8 Å². The molecular weight excluding hydrogens is 329 g/mol. The molecule has 0 amide bonds. The number of fused-ring (bicyclic) bond motifs is 1. The highest BCUT2D eigenvalue weighted by Gasteiger charge is 2.16. The van der Waals surface area contributed by atoms with Crippen LogP contribution in [0.25, 0.3) is 28.4 Å². The van der Waals surface area contributed by atoms with Crippen LogP contribution < -0.4 is 0 Å². The lowest BCUT2D eigenvalue weighted by Crippen LogP contribution is -2.32. The Morgan fingerprint density at radius 2 is 1.96 bits per heavy atom. The Hall–Kier alpha value is -2.60. The van der Waals surface area contributed by atoms with Crippen LogP contribution in [0.3, 0.4) is 0 Å². The predicted molar refractivity (Wildman–Crippen MR) is 101 cm³/mol. The molecule has 26 heavy (non-hydrogen) atoms. The second-order valence-electron chi connectivity index (χ2n) is 6.67. The van der Waals surface area contributed by atoms with Crippen LogP contribution in [-0.2, 0) is 6.54 Å². The lowest BCUT2D eigenvalue weighted by atomic mass is 10.1. The molecule has 1 fully saturated rings. The Bertz CT molecular complexity index is 927. The maximum atomic E-state index is 14.5. The number of aromatic nitrogens is 4. The summed E-state index contributed by atoms with van der Waals surface area (Å²) in [6.45, 7) is 7.72. The summed E-state index contributed by atoms with van der Waals surface area (Å²) in [6, 6.07) is 5.04. The highest BCUT2D eigenvalue weighted by Crippen LogP contribution is 2.28. The zero-order chi connectivity index (χ0) is 17.9. The fraction of sp³-hybridized carbons (Fsp3) is 0.350. The minimum absolute atomic E-state index is 0.316. The molecule has 1 aliphatic heterocycles. The van der Waals surface area contributed by atoms with Crippen LogP contribution >= 0.6 is 0 Å². The van der Waals surface area contributed by atoms with Crippen LogP contribution in [0.2, 0.25) is 0 Å². The van der Waals surface area contributed by atoms with Crippen molar-refractivity contribution in [2.45, 2.75) is 25.8 Å². The molecule has 0 aliphatic carbocycles. The smallest absolute Gasteiger partial charge is 0.161 e. The Labute approximate surface area is 152 Å². The molecule has 0 saturated carbocycles. The van der Waals surface area contributed by atoms with Gasteiger partial charge in [-0.3, -0.25) is 0 Å². The molecule has 0 N–H and O–H groups in total. The Kier molecular flexibility index (Phi) is 4.75. The molecule has 0 unspecified atom stereocenters. The minimum atomic E-state index is -0.316. The molecule has 3 heterocycles. The van der Waals surface area contributed by atoms with Gasteiger partial charge in [0.15, 0.2) is 5.65 Å². The lowest BCUT2D eigenvalue weighted by molar-refractivity contribution is 0.219. The van der Waals surface area contributed by atoms with Crippen molar-refractivity contribution < 1.29 is 4.39 Å². The molecule has 0 radical (unpaired) electrons. The van der Waals surface area contributed by atoms with Gasteiger partial charge in [0, 0.05) is 12.1 Å². The van der Waals surface area contributed by atoms with Gasteiger partial charge in [-0.2, -0.15) is 5.10 Å². The first-order valence-electron chi connectivity index (χ1n) is 9.07. The van der Waals surface area contributed by atoms with Crippen LogP contribution in [0.4, 0.5) is 4.39 Å². The van der Waals surface area contributed by atoms with Gasteiger partial charge in [-0.05, 0) is 43.6 Å². The van der Waals surface area contributed by atoms with E-state index >= 15 is 0 Å². The van der Waals surface area contributed by atoms with Crippen molar-refractivity contribution >= 4 is 17.1 Å². The van der Waals surface area contributed by atoms with Crippen molar-refractivity contribution in [3.05, 3.63) is 48.7 Å². The van der Waals surface area contributed by atoms with Crippen LogP contribution in [0, 0.1) is 5.82 Å². The summed E-state index contributed by atoms with van der Waals surface area (Å²) in [4.78, 5) is 11.2. The summed E-state index contributed by atoms with van der Waals surface area (Å²) in [7, 11) is 0. The van der Waals surface area contributed by atoms with Crippen LogP contribution in [-0.4, -0.2) is 44.3 Å². The molecule has 1 saturated heterocycles. The number of nitrogens with zero attached hydrogens (tertiary/aromatic N) is 5. The van der Waals surface area contributed by atoms with Gasteiger partial charge in [0.2, 0.25) is 0 Å². The monoisotopic (exact) mass is 351 g/mol. The van der Waals surface area contributed by atoms with Gasteiger partial charge >= 0.3 is 0 Å². The lowest BCUT2D eigenvalue weighted by Gasteiger charge is -2.26. The second kappa shape index (κ2) is 7.33. The SMILES string of the molecule is C=Cc1ccc(-c2ncnc3c2cnn3CCN2CCCCC2)c(F)c1. The van der Waals surface area contributed by atoms with Crippen molar-refractivity contribution in [2.75, 3.05) is 19.6 Å². The van der Waals surface area contributed by atoms with E-state index in [4.69, 9.17) is 0 Å². The average molecular weight is 351 g/mol. The fourth-order valence-corrected chi connectivity index (χ4v) is 3.54. The maximum Gasteiger partial charge on any atom is 0.161 e. The van der Waals surface area contributed by atoms with Crippen molar-refractivity contribution in [3.63, 3.8) is 0 Å². The number of benzene rings is 1. The zero-order valence-electron chi connectivity index (χ0n) is 14.7. The number of likely N-dealkylation sites (tertiary alicyclic amines) is 1. The summed E-state index contributed by atoms with van der Waals surface area (Å²) < 4.78 is 16.4. The van der Waals surface area contributed by atoms with Crippen molar-refractivity contribution in [1.82, 2.24) is 24.6 Å². The first kappa shape index (κ1) is 16.8. The van der Waals surface area contributed by atoms with Gasteiger partial charge in [-0.25, -0.2) is 19.0 Å². The largest absolute Gasteiger partial charge is 0.301 e. The minimum Gasteiger partial charge on any atom is -0.301 e. The van der Waals surface area contributed by atoms with Gasteiger partial charge in [0.25, 0.3) is 0 Å². The molecule has 0 atom stereocenters. The summed E-state index contributed by atoms with van der Waals surface area (Å²) in [6.07, 6.45) is 8.71. The normalized spacial score (nSPS) is 15.4. The van der Waals surface area contributed by atoms with Crippen LogP contribution in [0.15, 0.2) is 37.3 Å². The van der Waals surface area contributed by atoms with E-state index in [0.717, 1.165) is 42.8 Å². The average Bonchev–Trinajstić information content (AvgIpc) is 3.10.